The molecule has 1 aliphatic heterocycles. The van der Waals surface area contributed by atoms with Gasteiger partial charge in [-0.3, -0.25) is 9.69 Å². The maximum atomic E-state index is 12.7. The summed E-state index contributed by atoms with van der Waals surface area (Å²) in [7, 11) is 0. The smallest absolute Gasteiger partial charge is 0.225 e. The summed E-state index contributed by atoms with van der Waals surface area (Å²) in [6, 6.07) is 0.696. The van der Waals surface area contributed by atoms with Gasteiger partial charge in [0.1, 0.15) is 5.01 Å². The average Bonchev–Trinajstić information content (AvgIpc) is 3.18. The van der Waals surface area contributed by atoms with Gasteiger partial charge in [-0.05, 0) is 46.1 Å². The Morgan fingerprint density at radius 3 is 2.65 bits per heavy atom. The van der Waals surface area contributed by atoms with E-state index in [-0.39, 0.29) is 11.8 Å². The molecule has 0 aromatic carbocycles. The fourth-order valence-corrected chi connectivity index (χ4v) is 4.44. The van der Waals surface area contributed by atoms with Crippen molar-refractivity contribution in [2.24, 2.45) is 5.92 Å². The molecule has 1 saturated carbocycles. The van der Waals surface area contributed by atoms with E-state index in [1.807, 2.05) is 13.8 Å². The van der Waals surface area contributed by atoms with Crippen LogP contribution < -0.4 is 11.1 Å². The number of carbonyl (C=O) groups excluding carboxylic acids is 1. The third-order valence-corrected chi connectivity index (χ3v) is 6.15. The summed E-state index contributed by atoms with van der Waals surface area (Å²) in [5, 5.41) is 12.3. The molecule has 3 rings (SSSR count). The van der Waals surface area contributed by atoms with E-state index in [1.54, 1.807) is 0 Å². The summed E-state index contributed by atoms with van der Waals surface area (Å²) in [4.78, 5) is 15.3. The normalized spacial score (nSPS) is 24.0. The second-order valence-electron chi connectivity index (χ2n) is 7.33. The van der Waals surface area contributed by atoms with Gasteiger partial charge in [0.25, 0.3) is 0 Å². The van der Waals surface area contributed by atoms with Gasteiger partial charge in [0, 0.05) is 12.6 Å². The van der Waals surface area contributed by atoms with E-state index >= 15 is 0 Å². The predicted molar refractivity (Wildman–Crippen MR) is 92.0 cm³/mol. The number of anilines is 1. The Hall–Kier alpha value is -1.21. The molecule has 1 aromatic heterocycles. The predicted octanol–water partition coefficient (Wildman–Crippen LogP) is 2.13. The number of aromatic nitrogens is 2. The largest absolute Gasteiger partial charge is 0.374 e. The average molecular weight is 337 g/mol. The number of carbonyl (C=O) groups is 1. The van der Waals surface area contributed by atoms with Gasteiger partial charge in [-0.2, -0.15) is 0 Å². The molecule has 128 valence electrons. The van der Waals surface area contributed by atoms with Crippen LogP contribution in [-0.2, 0) is 10.3 Å². The summed E-state index contributed by atoms with van der Waals surface area (Å²) in [6.45, 7) is 5.96. The van der Waals surface area contributed by atoms with E-state index in [4.69, 9.17) is 5.73 Å². The molecule has 3 N–H and O–H groups in total. The molecule has 2 aliphatic rings. The molecule has 23 heavy (non-hydrogen) atoms. The van der Waals surface area contributed by atoms with E-state index in [2.05, 4.69) is 20.4 Å². The van der Waals surface area contributed by atoms with E-state index in [9.17, 15) is 4.79 Å². The number of nitrogens with two attached hydrogens (primary N) is 1. The van der Waals surface area contributed by atoms with Crippen molar-refractivity contribution in [1.82, 2.24) is 20.4 Å². The van der Waals surface area contributed by atoms with E-state index < -0.39 is 5.54 Å². The molecule has 0 unspecified atom stereocenters. The minimum absolute atomic E-state index is 0.0777. The second-order valence-corrected chi connectivity index (χ2v) is 8.34. The van der Waals surface area contributed by atoms with Crippen LogP contribution in [0.4, 0.5) is 5.13 Å². The molecular formula is C16H27N5OS. The Morgan fingerprint density at radius 2 is 2.00 bits per heavy atom. The highest BCUT2D eigenvalue weighted by molar-refractivity contribution is 7.15. The molecular weight excluding hydrogens is 310 g/mol. The molecule has 0 bridgehead atoms. The first-order valence-corrected chi connectivity index (χ1v) is 9.43. The van der Waals surface area contributed by atoms with Gasteiger partial charge in [0.15, 0.2) is 0 Å². The number of hydrogen-bond donors (Lipinski definition) is 2. The lowest BCUT2D eigenvalue weighted by Crippen LogP contribution is -2.50. The highest BCUT2D eigenvalue weighted by Crippen LogP contribution is 2.29. The summed E-state index contributed by atoms with van der Waals surface area (Å²) in [6.07, 6.45) is 7.35. The summed E-state index contributed by atoms with van der Waals surface area (Å²) >= 11 is 1.33. The number of likely N-dealkylation sites (tertiary alicyclic amines) is 1. The van der Waals surface area contributed by atoms with Crippen molar-refractivity contribution >= 4 is 22.4 Å². The molecule has 2 heterocycles. The number of nitrogens with zero attached hydrogens (tertiary/aromatic N) is 3. The van der Waals surface area contributed by atoms with Crippen LogP contribution in [0.5, 0.6) is 0 Å². The minimum atomic E-state index is -0.526. The zero-order chi connectivity index (χ0) is 16.4. The molecule has 0 spiro atoms. The zero-order valence-electron chi connectivity index (χ0n) is 14.0. The first-order valence-electron chi connectivity index (χ1n) is 8.61. The van der Waals surface area contributed by atoms with Gasteiger partial charge in [-0.15, -0.1) is 10.2 Å². The van der Waals surface area contributed by atoms with E-state index in [0.29, 0.717) is 11.2 Å². The Morgan fingerprint density at radius 1 is 1.26 bits per heavy atom. The van der Waals surface area contributed by atoms with Crippen LogP contribution in [0.1, 0.15) is 57.4 Å². The van der Waals surface area contributed by atoms with E-state index in [0.717, 1.165) is 30.9 Å². The van der Waals surface area contributed by atoms with Crippen LogP contribution in [0, 0.1) is 5.92 Å². The molecule has 1 aliphatic carbocycles. The fourth-order valence-electron chi connectivity index (χ4n) is 3.77. The fraction of sp³-hybridized carbons (Fsp3) is 0.812. The monoisotopic (exact) mass is 337 g/mol. The van der Waals surface area contributed by atoms with Crippen LogP contribution in [0.2, 0.25) is 0 Å². The van der Waals surface area contributed by atoms with Crippen LogP contribution in [0.3, 0.4) is 0 Å². The third-order valence-electron chi connectivity index (χ3n) is 5.08. The number of amides is 1. The maximum Gasteiger partial charge on any atom is 0.225 e. The number of rotatable bonds is 4. The summed E-state index contributed by atoms with van der Waals surface area (Å²) in [5.74, 6) is 0.209. The van der Waals surface area contributed by atoms with Crippen molar-refractivity contribution in [3.8, 4) is 0 Å². The molecule has 0 radical (unpaired) electrons. The van der Waals surface area contributed by atoms with Gasteiger partial charge >= 0.3 is 0 Å². The van der Waals surface area contributed by atoms with Crippen molar-refractivity contribution in [2.75, 3.05) is 18.8 Å². The minimum Gasteiger partial charge on any atom is -0.374 e. The molecule has 1 aromatic rings. The lowest BCUT2D eigenvalue weighted by Gasteiger charge is -2.37. The lowest BCUT2D eigenvalue weighted by atomic mass is 9.94. The topological polar surface area (TPSA) is 84.1 Å². The van der Waals surface area contributed by atoms with Gasteiger partial charge < -0.3 is 11.1 Å². The molecule has 2 fully saturated rings. The standard InChI is InChI=1S/C16H27N5OS/c1-16(2,14-19-20-15(17)23-14)18-13(22)11-6-5-9-21(10-11)12-7-3-4-8-12/h11-12H,3-10H2,1-2H3,(H2,17,20)(H,18,22)/t11-/m1/s1. The van der Waals surface area contributed by atoms with Crippen LogP contribution in [0.25, 0.3) is 0 Å². The number of nitrogens with one attached hydrogen (secondary N) is 1. The van der Waals surface area contributed by atoms with Gasteiger partial charge in [0.2, 0.25) is 11.0 Å². The molecule has 7 heteroatoms. The molecule has 6 nitrogen and oxygen atoms in total. The number of hydrogen-bond acceptors (Lipinski definition) is 6. The molecule has 1 saturated heterocycles. The quantitative estimate of drug-likeness (QED) is 0.879. The SMILES string of the molecule is CC(C)(NC(=O)[C@@H]1CCCN(C2CCCC2)C1)c1nnc(N)s1. The zero-order valence-corrected chi connectivity index (χ0v) is 14.9. The Bertz CT molecular complexity index is 552. The van der Waals surface area contributed by atoms with Crippen molar-refractivity contribution in [2.45, 2.75) is 64.0 Å². The Balaban J connectivity index is 1.60. The van der Waals surface area contributed by atoms with Crippen molar-refractivity contribution in [3.05, 3.63) is 5.01 Å². The van der Waals surface area contributed by atoms with Gasteiger partial charge in [-0.25, -0.2) is 0 Å². The van der Waals surface area contributed by atoms with Crippen molar-refractivity contribution in [3.63, 3.8) is 0 Å². The van der Waals surface area contributed by atoms with Gasteiger partial charge in [-0.1, -0.05) is 24.2 Å². The molecule has 1 amide bonds. The first kappa shape index (κ1) is 16.6. The third kappa shape index (κ3) is 3.83. The number of nitrogen functional groups attached to an aromatic ring is 1. The first-order chi connectivity index (χ1) is 11.0. The van der Waals surface area contributed by atoms with E-state index in [1.165, 1.54) is 37.0 Å². The number of piperidine rings is 1. The van der Waals surface area contributed by atoms with Crippen molar-refractivity contribution < 1.29 is 4.79 Å². The van der Waals surface area contributed by atoms with Crippen molar-refractivity contribution in [1.29, 1.82) is 0 Å². The highest BCUT2D eigenvalue weighted by atomic mass is 32.1. The maximum absolute atomic E-state index is 12.7. The summed E-state index contributed by atoms with van der Waals surface area (Å²) in [5.41, 5.74) is 5.14. The Labute approximate surface area is 141 Å². The second kappa shape index (κ2) is 6.73. The highest BCUT2D eigenvalue weighted by Gasteiger charge is 2.34. The van der Waals surface area contributed by atoms with Crippen LogP contribution >= 0.6 is 11.3 Å². The Kier molecular flexibility index (Phi) is 4.87. The lowest BCUT2D eigenvalue weighted by molar-refractivity contribution is -0.128. The summed E-state index contributed by atoms with van der Waals surface area (Å²) < 4.78 is 0. The van der Waals surface area contributed by atoms with Crippen LogP contribution in [0.15, 0.2) is 0 Å². The van der Waals surface area contributed by atoms with Gasteiger partial charge in [0.05, 0.1) is 11.5 Å². The van der Waals surface area contributed by atoms with Crippen LogP contribution in [-0.4, -0.2) is 40.1 Å². The molecule has 1 atom stereocenters.